The highest BCUT2D eigenvalue weighted by molar-refractivity contribution is 6.02. The Morgan fingerprint density at radius 2 is 0.737 bits per heavy atom. The lowest BCUT2D eigenvalue weighted by molar-refractivity contribution is 0.0646. The minimum atomic E-state index is -0.530. The summed E-state index contributed by atoms with van der Waals surface area (Å²) >= 11 is 0. The lowest BCUT2D eigenvalue weighted by atomic mass is 9.95. The van der Waals surface area contributed by atoms with Crippen LogP contribution in [0.4, 0.5) is 0 Å². The zero-order valence-electron chi connectivity index (χ0n) is 22.7. The monoisotopic (exact) mass is 504 g/mol. The first kappa shape index (κ1) is 26.6. The van der Waals surface area contributed by atoms with Gasteiger partial charge in [0.2, 0.25) is 0 Å². The van der Waals surface area contributed by atoms with Crippen LogP contribution in [0.1, 0.15) is 65.2 Å². The molecule has 0 fully saturated rings. The van der Waals surface area contributed by atoms with E-state index in [1.807, 2.05) is 102 Å². The smallest absolute Gasteiger partial charge is 0.343 e. The second-order valence-electron chi connectivity index (χ2n) is 9.70. The summed E-state index contributed by atoms with van der Waals surface area (Å²) in [6.07, 6.45) is 0. The van der Waals surface area contributed by atoms with Gasteiger partial charge in [-0.2, -0.15) is 0 Å². The minimum Gasteiger partial charge on any atom is -0.418 e. The van der Waals surface area contributed by atoms with Gasteiger partial charge in [-0.25, -0.2) is 9.59 Å². The van der Waals surface area contributed by atoms with Crippen LogP contribution in [0.5, 0.6) is 0 Å². The number of hydrogen-bond donors (Lipinski definition) is 0. The van der Waals surface area contributed by atoms with Crippen LogP contribution >= 0.6 is 0 Å². The van der Waals surface area contributed by atoms with E-state index in [1.165, 1.54) is 0 Å². The molecule has 4 aromatic rings. The fourth-order valence-corrected chi connectivity index (χ4v) is 4.45. The first-order valence-corrected chi connectivity index (χ1v) is 12.6. The van der Waals surface area contributed by atoms with Crippen molar-refractivity contribution >= 4 is 23.5 Å². The van der Waals surface area contributed by atoms with E-state index in [9.17, 15) is 9.59 Å². The average molecular weight is 505 g/mol. The van der Waals surface area contributed by atoms with E-state index in [0.717, 1.165) is 33.4 Å². The van der Waals surface area contributed by atoms with Crippen LogP contribution in [-0.4, -0.2) is 11.9 Å². The number of hydrogen-bond acceptors (Lipinski definition) is 4. The highest BCUT2D eigenvalue weighted by Crippen LogP contribution is 2.36. The molecule has 192 valence electrons. The summed E-state index contributed by atoms with van der Waals surface area (Å²) in [4.78, 5) is 26.9. The van der Waals surface area contributed by atoms with Gasteiger partial charge in [0.05, 0.1) is 11.1 Å². The Morgan fingerprint density at radius 3 is 1.03 bits per heavy atom. The van der Waals surface area contributed by atoms with Gasteiger partial charge in [-0.15, -0.1) is 0 Å². The molecule has 0 aliphatic heterocycles. The molecule has 0 saturated carbocycles. The predicted octanol–water partition coefficient (Wildman–Crippen LogP) is 8.08. The number of aryl methyl sites for hydroxylation is 6. The molecule has 0 aliphatic rings. The van der Waals surface area contributed by atoms with Crippen molar-refractivity contribution in [2.75, 3.05) is 0 Å². The molecule has 0 bridgehead atoms. The van der Waals surface area contributed by atoms with Gasteiger partial charge in [0.15, 0.2) is 11.5 Å². The van der Waals surface area contributed by atoms with Crippen molar-refractivity contribution in [2.24, 2.45) is 0 Å². The molecule has 0 unspecified atom stereocenters. The summed E-state index contributed by atoms with van der Waals surface area (Å²) in [5.41, 5.74) is 7.89. The van der Waals surface area contributed by atoms with Crippen LogP contribution in [0.15, 0.2) is 84.9 Å². The van der Waals surface area contributed by atoms with Crippen LogP contribution in [0.2, 0.25) is 0 Å². The normalized spacial score (nSPS) is 11.5. The Labute approximate surface area is 224 Å². The highest BCUT2D eigenvalue weighted by Gasteiger charge is 2.27. The largest absolute Gasteiger partial charge is 0.418 e. The Morgan fingerprint density at radius 1 is 0.447 bits per heavy atom. The van der Waals surface area contributed by atoms with E-state index in [-0.39, 0.29) is 11.5 Å². The van der Waals surface area contributed by atoms with E-state index < -0.39 is 11.9 Å². The molecule has 38 heavy (non-hydrogen) atoms. The number of carbonyl (C=O) groups excluding carboxylic acids is 2. The van der Waals surface area contributed by atoms with Crippen molar-refractivity contribution in [3.63, 3.8) is 0 Å². The van der Waals surface area contributed by atoms with Gasteiger partial charge in [-0.3, -0.25) is 0 Å². The quantitative estimate of drug-likeness (QED) is 0.151. The minimum absolute atomic E-state index is 0.212. The van der Waals surface area contributed by atoms with Crippen LogP contribution < -0.4 is 0 Å². The zero-order valence-corrected chi connectivity index (χ0v) is 22.7. The number of rotatable bonds is 6. The van der Waals surface area contributed by atoms with Gasteiger partial charge in [-0.05, 0) is 88.1 Å². The second kappa shape index (κ2) is 11.3. The fraction of sp³-hybridized carbons (Fsp3) is 0.176. The predicted molar refractivity (Wildman–Crippen MR) is 152 cm³/mol. The van der Waals surface area contributed by atoms with Crippen molar-refractivity contribution in [3.8, 4) is 0 Å². The summed E-state index contributed by atoms with van der Waals surface area (Å²) in [7, 11) is 0. The molecule has 0 N–H and O–H groups in total. The van der Waals surface area contributed by atoms with Crippen LogP contribution in [-0.2, 0) is 9.47 Å². The van der Waals surface area contributed by atoms with Gasteiger partial charge in [0, 0.05) is 11.1 Å². The van der Waals surface area contributed by atoms with Crippen molar-refractivity contribution < 1.29 is 19.1 Å². The molecule has 0 atom stereocenters. The maximum atomic E-state index is 13.5. The van der Waals surface area contributed by atoms with Crippen LogP contribution in [0.3, 0.4) is 0 Å². The second-order valence-corrected chi connectivity index (χ2v) is 9.70. The SMILES string of the molecule is Cc1ccc(C(=O)OC(=C(OC(=O)c2ccc(C)cc2)c2c(C)cccc2C)c2c(C)cccc2C)cc1. The van der Waals surface area contributed by atoms with Gasteiger partial charge in [-0.1, -0.05) is 71.8 Å². The Kier molecular flexibility index (Phi) is 7.92. The van der Waals surface area contributed by atoms with Gasteiger partial charge < -0.3 is 9.47 Å². The Hall–Kier alpha value is -4.44. The lowest BCUT2D eigenvalue weighted by Gasteiger charge is -2.21. The number of benzene rings is 4. The third kappa shape index (κ3) is 5.76. The van der Waals surface area contributed by atoms with Crippen molar-refractivity contribution in [1.29, 1.82) is 0 Å². The summed E-state index contributed by atoms with van der Waals surface area (Å²) in [5.74, 6) is -0.636. The third-order valence-corrected chi connectivity index (χ3v) is 6.59. The maximum absolute atomic E-state index is 13.5. The number of ether oxygens (including phenoxy) is 2. The highest BCUT2D eigenvalue weighted by atomic mass is 16.6. The van der Waals surface area contributed by atoms with Gasteiger partial charge in [0.1, 0.15) is 0 Å². The van der Waals surface area contributed by atoms with Crippen LogP contribution in [0, 0.1) is 41.5 Å². The summed E-state index contributed by atoms with van der Waals surface area (Å²) in [5, 5.41) is 0. The topological polar surface area (TPSA) is 52.6 Å². The van der Waals surface area contributed by atoms with Crippen molar-refractivity contribution in [3.05, 3.63) is 141 Å². The molecule has 0 aromatic heterocycles. The molecular weight excluding hydrogens is 472 g/mol. The molecule has 0 saturated heterocycles. The van der Waals surface area contributed by atoms with Gasteiger partial charge >= 0.3 is 11.9 Å². The van der Waals surface area contributed by atoms with E-state index in [1.54, 1.807) is 24.3 Å². The molecule has 0 amide bonds. The van der Waals surface area contributed by atoms with Crippen molar-refractivity contribution in [2.45, 2.75) is 41.5 Å². The summed E-state index contributed by atoms with van der Waals surface area (Å²) in [6, 6.07) is 26.1. The number of carbonyl (C=O) groups is 2. The van der Waals surface area contributed by atoms with E-state index >= 15 is 0 Å². The van der Waals surface area contributed by atoms with E-state index in [2.05, 4.69) is 0 Å². The molecule has 4 aromatic carbocycles. The summed E-state index contributed by atoms with van der Waals surface area (Å²) < 4.78 is 12.3. The molecule has 0 heterocycles. The molecule has 0 aliphatic carbocycles. The van der Waals surface area contributed by atoms with Crippen molar-refractivity contribution in [1.82, 2.24) is 0 Å². The Balaban J connectivity index is 1.97. The lowest BCUT2D eigenvalue weighted by Crippen LogP contribution is -2.13. The Bertz CT molecular complexity index is 1370. The third-order valence-electron chi connectivity index (χ3n) is 6.59. The zero-order chi connectivity index (χ0) is 27.4. The number of esters is 2. The van der Waals surface area contributed by atoms with Gasteiger partial charge in [0.25, 0.3) is 0 Å². The molecular formula is C34H32O4. The van der Waals surface area contributed by atoms with Crippen LogP contribution in [0.25, 0.3) is 11.5 Å². The molecule has 0 spiro atoms. The fourth-order valence-electron chi connectivity index (χ4n) is 4.45. The average Bonchev–Trinajstić information content (AvgIpc) is 2.88. The molecule has 4 rings (SSSR count). The standard InChI is InChI=1S/C34H32O4/c1-21-13-17-27(18-14-21)33(35)37-31(29-23(3)9-7-10-24(29)4)32(30-25(5)11-8-12-26(30)6)38-34(36)28-19-15-22(2)16-20-28/h7-20H,1-6H3. The molecule has 0 radical (unpaired) electrons. The van der Waals surface area contributed by atoms with E-state index in [4.69, 9.17) is 9.47 Å². The van der Waals surface area contributed by atoms with E-state index in [0.29, 0.717) is 22.3 Å². The first-order chi connectivity index (χ1) is 18.2. The molecule has 4 nitrogen and oxygen atoms in total. The summed E-state index contributed by atoms with van der Waals surface area (Å²) in [6.45, 7) is 11.7. The maximum Gasteiger partial charge on any atom is 0.343 e. The first-order valence-electron chi connectivity index (χ1n) is 12.6. The molecule has 4 heteroatoms.